The van der Waals surface area contributed by atoms with E-state index in [4.69, 9.17) is 4.42 Å². The summed E-state index contributed by atoms with van der Waals surface area (Å²) in [6.45, 7) is 0. The summed E-state index contributed by atoms with van der Waals surface area (Å²) < 4.78 is 6.69. The van der Waals surface area contributed by atoms with E-state index in [1.165, 1.54) is 27.5 Å². The van der Waals surface area contributed by atoms with Crippen LogP contribution in [0.3, 0.4) is 0 Å². The molecule has 46 heavy (non-hydrogen) atoms. The number of hydrogen-bond acceptors (Lipinski definition) is 2. The van der Waals surface area contributed by atoms with Crippen molar-refractivity contribution in [2.75, 3.05) is 4.90 Å². The van der Waals surface area contributed by atoms with Gasteiger partial charge in [-0.1, -0.05) is 140 Å². The lowest BCUT2D eigenvalue weighted by molar-refractivity contribution is 0.673. The number of hydrogen-bond donors (Lipinski definition) is 0. The van der Waals surface area contributed by atoms with E-state index in [1.54, 1.807) is 0 Å². The van der Waals surface area contributed by atoms with Gasteiger partial charge < -0.3 is 9.32 Å². The monoisotopic (exact) mass is 587 g/mol. The average Bonchev–Trinajstić information content (AvgIpc) is 3.51. The minimum absolute atomic E-state index is 0.891. The minimum atomic E-state index is 0.891. The van der Waals surface area contributed by atoms with Gasteiger partial charge in [0.15, 0.2) is 0 Å². The quantitative estimate of drug-likeness (QED) is 0.199. The number of anilines is 3. The average molecular weight is 588 g/mol. The first-order valence-corrected chi connectivity index (χ1v) is 15.7. The van der Waals surface area contributed by atoms with Gasteiger partial charge in [-0.3, -0.25) is 0 Å². The second kappa shape index (κ2) is 10.8. The zero-order valence-corrected chi connectivity index (χ0v) is 25.1. The second-order valence-electron chi connectivity index (χ2n) is 11.7. The fourth-order valence-electron chi connectivity index (χ4n) is 6.82. The van der Waals surface area contributed by atoms with Crippen LogP contribution in [0.2, 0.25) is 0 Å². The summed E-state index contributed by atoms with van der Waals surface area (Å²) in [6.07, 6.45) is 0. The Balaban J connectivity index is 1.31. The Bertz CT molecular complexity index is 2510. The van der Waals surface area contributed by atoms with Crippen molar-refractivity contribution >= 4 is 60.5 Å². The van der Waals surface area contributed by atoms with E-state index in [0.29, 0.717) is 0 Å². The molecular weight excluding hydrogens is 558 g/mol. The topological polar surface area (TPSA) is 16.4 Å². The lowest BCUT2D eigenvalue weighted by Crippen LogP contribution is -2.11. The molecule has 1 heterocycles. The van der Waals surface area contributed by atoms with Gasteiger partial charge in [-0.15, -0.1) is 0 Å². The number of benzene rings is 8. The van der Waals surface area contributed by atoms with Crippen molar-refractivity contribution in [2.24, 2.45) is 0 Å². The predicted octanol–water partition coefficient (Wildman–Crippen LogP) is 12.7. The van der Waals surface area contributed by atoms with Crippen LogP contribution < -0.4 is 4.90 Å². The normalized spacial score (nSPS) is 11.5. The van der Waals surface area contributed by atoms with E-state index in [2.05, 4.69) is 175 Å². The maximum Gasteiger partial charge on any atom is 0.143 e. The highest BCUT2D eigenvalue weighted by molar-refractivity contribution is 6.20. The molecule has 0 N–H and O–H groups in total. The minimum Gasteiger partial charge on any atom is -0.455 e. The molecular formula is C44H29NO. The van der Waals surface area contributed by atoms with Gasteiger partial charge in [0.1, 0.15) is 11.2 Å². The SMILES string of the molecule is c1ccc(-c2ccc(N(c3cccc4ccccc34)c3cc4c5ccc(-c6ccccc6)cc5oc4c4ccccc34)cc2)cc1. The van der Waals surface area contributed by atoms with Crippen molar-refractivity contribution in [3.05, 3.63) is 176 Å². The zero-order chi connectivity index (χ0) is 30.5. The van der Waals surface area contributed by atoms with Crippen molar-refractivity contribution < 1.29 is 4.42 Å². The first kappa shape index (κ1) is 26.3. The lowest BCUT2D eigenvalue weighted by atomic mass is 9.99. The van der Waals surface area contributed by atoms with E-state index >= 15 is 0 Å². The molecule has 0 bridgehead atoms. The summed E-state index contributed by atoms with van der Waals surface area (Å²) >= 11 is 0. The van der Waals surface area contributed by atoms with Crippen LogP contribution in [0.1, 0.15) is 0 Å². The number of nitrogens with zero attached hydrogens (tertiary/aromatic N) is 1. The van der Waals surface area contributed by atoms with Crippen molar-refractivity contribution in [1.82, 2.24) is 0 Å². The van der Waals surface area contributed by atoms with E-state index in [1.807, 2.05) is 6.07 Å². The Kier molecular flexibility index (Phi) is 6.17. The number of furan rings is 1. The maximum atomic E-state index is 6.69. The standard InChI is InChI=1S/C44H29NO/c1-3-12-30(13-4-1)32-22-25-35(26-23-32)45(41-21-11-17-33-16-7-8-18-36(33)41)42-29-40-38-27-24-34(31-14-5-2-6-15-31)28-43(38)46-44(40)39-20-10-9-19-37(39)42/h1-29H. The molecule has 2 heteroatoms. The highest BCUT2D eigenvalue weighted by atomic mass is 16.3. The summed E-state index contributed by atoms with van der Waals surface area (Å²) in [6, 6.07) is 62.7. The van der Waals surface area contributed by atoms with Crippen LogP contribution in [-0.2, 0) is 0 Å². The van der Waals surface area contributed by atoms with Gasteiger partial charge in [0, 0.05) is 32.6 Å². The van der Waals surface area contributed by atoms with Gasteiger partial charge in [0.2, 0.25) is 0 Å². The van der Waals surface area contributed by atoms with Crippen molar-refractivity contribution in [1.29, 1.82) is 0 Å². The molecule has 0 unspecified atom stereocenters. The van der Waals surface area contributed by atoms with E-state index in [0.717, 1.165) is 55.3 Å². The van der Waals surface area contributed by atoms with Gasteiger partial charge >= 0.3 is 0 Å². The molecule has 0 amide bonds. The molecule has 0 aliphatic carbocycles. The van der Waals surface area contributed by atoms with Crippen molar-refractivity contribution in [2.45, 2.75) is 0 Å². The highest BCUT2D eigenvalue weighted by Crippen LogP contribution is 2.46. The zero-order valence-electron chi connectivity index (χ0n) is 25.1. The number of fused-ring (bicyclic) bond motifs is 6. The fraction of sp³-hybridized carbons (Fsp3) is 0. The maximum absolute atomic E-state index is 6.69. The van der Waals surface area contributed by atoms with Crippen LogP contribution in [0.25, 0.3) is 65.7 Å². The molecule has 0 aliphatic rings. The summed E-state index contributed by atoms with van der Waals surface area (Å²) in [4.78, 5) is 2.41. The molecule has 0 aliphatic heterocycles. The molecule has 0 spiro atoms. The van der Waals surface area contributed by atoms with Crippen LogP contribution in [-0.4, -0.2) is 0 Å². The molecule has 0 saturated heterocycles. The summed E-state index contributed by atoms with van der Waals surface area (Å²) in [7, 11) is 0. The molecule has 216 valence electrons. The van der Waals surface area contributed by atoms with Gasteiger partial charge in [-0.25, -0.2) is 0 Å². The first-order valence-electron chi connectivity index (χ1n) is 15.7. The van der Waals surface area contributed by atoms with Crippen LogP contribution in [0.5, 0.6) is 0 Å². The Morgan fingerprint density at radius 3 is 1.70 bits per heavy atom. The Labute approximate surface area is 267 Å². The smallest absolute Gasteiger partial charge is 0.143 e. The fourth-order valence-corrected chi connectivity index (χ4v) is 6.82. The summed E-state index contributed by atoms with van der Waals surface area (Å²) in [5, 5.41) is 6.86. The third-order valence-electron chi connectivity index (χ3n) is 9.05. The third kappa shape index (κ3) is 4.35. The molecule has 0 atom stereocenters. The highest BCUT2D eigenvalue weighted by Gasteiger charge is 2.21. The molecule has 0 fully saturated rings. The molecule has 1 aromatic heterocycles. The van der Waals surface area contributed by atoms with E-state index in [9.17, 15) is 0 Å². The number of rotatable bonds is 5. The molecule has 0 radical (unpaired) electrons. The Morgan fingerprint density at radius 2 is 0.935 bits per heavy atom. The summed E-state index contributed by atoms with van der Waals surface area (Å²) in [5.41, 5.74) is 9.87. The van der Waals surface area contributed by atoms with Gasteiger partial charge in [0.05, 0.1) is 11.4 Å². The first-order chi connectivity index (χ1) is 22.8. The van der Waals surface area contributed by atoms with Crippen LogP contribution in [0.4, 0.5) is 17.1 Å². The van der Waals surface area contributed by atoms with Gasteiger partial charge in [-0.05, 0) is 64.0 Å². The molecule has 2 nitrogen and oxygen atoms in total. The Morgan fingerprint density at radius 1 is 0.348 bits per heavy atom. The van der Waals surface area contributed by atoms with Crippen molar-refractivity contribution in [3.63, 3.8) is 0 Å². The molecule has 9 rings (SSSR count). The molecule has 9 aromatic rings. The van der Waals surface area contributed by atoms with Crippen LogP contribution >= 0.6 is 0 Å². The molecule has 8 aromatic carbocycles. The second-order valence-corrected chi connectivity index (χ2v) is 11.7. The molecule has 0 saturated carbocycles. The van der Waals surface area contributed by atoms with E-state index < -0.39 is 0 Å². The van der Waals surface area contributed by atoms with Gasteiger partial charge in [-0.2, -0.15) is 0 Å². The largest absolute Gasteiger partial charge is 0.455 e. The van der Waals surface area contributed by atoms with Crippen LogP contribution in [0, 0.1) is 0 Å². The predicted molar refractivity (Wildman–Crippen MR) is 194 cm³/mol. The third-order valence-corrected chi connectivity index (χ3v) is 9.05. The summed E-state index contributed by atoms with van der Waals surface area (Å²) in [5.74, 6) is 0. The van der Waals surface area contributed by atoms with E-state index in [-0.39, 0.29) is 0 Å². The van der Waals surface area contributed by atoms with Crippen LogP contribution in [0.15, 0.2) is 180 Å². The van der Waals surface area contributed by atoms with Crippen molar-refractivity contribution in [3.8, 4) is 22.3 Å². The van der Waals surface area contributed by atoms with Gasteiger partial charge in [0.25, 0.3) is 0 Å². The lowest BCUT2D eigenvalue weighted by Gasteiger charge is -2.28. The Hall–Kier alpha value is -6.12.